The number of thiophene rings is 1. The molecule has 0 bridgehead atoms. The van der Waals surface area contributed by atoms with Crippen LogP contribution in [-0.2, 0) is 9.59 Å². The predicted molar refractivity (Wildman–Crippen MR) is 129 cm³/mol. The van der Waals surface area contributed by atoms with E-state index in [-0.39, 0.29) is 40.3 Å². The van der Waals surface area contributed by atoms with Crippen molar-refractivity contribution in [2.45, 2.75) is 67.2 Å². The zero-order chi connectivity index (χ0) is 24.1. The number of anilines is 1. The molecule has 2 amide bonds. The van der Waals surface area contributed by atoms with Crippen molar-refractivity contribution >= 4 is 34.8 Å². The lowest BCUT2D eigenvalue weighted by Gasteiger charge is -2.32. The van der Waals surface area contributed by atoms with Crippen LogP contribution in [0.2, 0.25) is 0 Å². The standard InChI is InChI=1S/C25H36N2O4S/c1-7-26(8-2)21(28)16-27(23(29)18-11-9-17(3)10-12-18)20-15-19(13-14-25(4,5)6)32-22(20)24(30)31/h15,17-18H,7-12,16H2,1-6H3,(H,30,31). The molecule has 2 rings (SSSR count). The summed E-state index contributed by atoms with van der Waals surface area (Å²) >= 11 is 1.06. The van der Waals surface area contributed by atoms with Gasteiger partial charge in [-0.2, -0.15) is 0 Å². The predicted octanol–water partition coefficient (Wildman–Crippen LogP) is 4.87. The molecule has 7 heteroatoms. The molecule has 1 fully saturated rings. The fourth-order valence-corrected chi connectivity index (χ4v) is 4.72. The number of rotatable bonds is 7. The Morgan fingerprint density at radius 1 is 1.12 bits per heavy atom. The van der Waals surface area contributed by atoms with Crippen LogP contribution in [-0.4, -0.2) is 47.4 Å². The summed E-state index contributed by atoms with van der Waals surface area (Å²) in [5.41, 5.74) is 0.0467. The molecule has 0 radical (unpaired) electrons. The van der Waals surface area contributed by atoms with Gasteiger partial charge in [-0.1, -0.05) is 18.8 Å². The van der Waals surface area contributed by atoms with Gasteiger partial charge in [-0.3, -0.25) is 9.59 Å². The second-order valence-electron chi connectivity index (χ2n) is 9.58. The van der Waals surface area contributed by atoms with Gasteiger partial charge in [0.15, 0.2) is 0 Å². The maximum absolute atomic E-state index is 13.6. The Morgan fingerprint density at radius 3 is 2.22 bits per heavy atom. The third-order valence-electron chi connectivity index (χ3n) is 5.80. The lowest BCUT2D eigenvalue weighted by Crippen LogP contribution is -2.46. The molecule has 1 heterocycles. The zero-order valence-electron chi connectivity index (χ0n) is 20.2. The number of carbonyl (C=O) groups is 3. The number of carbonyl (C=O) groups excluding carboxylic acids is 2. The topological polar surface area (TPSA) is 77.9 Å². The van der Waals surface area contributed by atoms with E-state index < -0.39 is 5.97 Å². The van der Waals surface area contributed by atoms with Gasteiger partial charge in [-0.05, 0) is 72.3 Å². The van der Waals surface area contributed by atoms with Gasteiger partial charge in [0.1, 0.15) is 11.4 Å². The summed E-state index contributed by atoms with van der Waals surface area (Å²) < 4.78 is 0. The largest absolute Gasteiger partial charge is 0.477 e. The molecule has 176 valence electrons. The van der Waals surface area contributed by atoms with Crippen molar-refractivity contribution in [1.82, 2.24) is 4.90 Å². The van der Waals surface area contributed by atoms with E-state index >= 15 is 0 Å². The highest BCUT2D eigenvalue weighted by atomic mass is 32.1. The van der Waals surface area contributed by atoms with Crippen molar-refractivity contribution < 1.29 is 19.5 Å². The van der Waals surface area contributed by atoms with E-state index in [2.05, 4.69) is 18.8 Å². The molecule has 1 aliphatic rings. The Bertz CT molecular complexity index is 891. The Hall–Kier alpha value is -2.33. The molecule has 0 aromatic carbocycles. The summed E-state index contributed by atoms with van der Waals surface area (Å²) in [7, 11) is 0. The highest BCUT2D eigenvalue weighted by Gasteiger charge is 2.33. The van der Waals surface area contributed by atoms with Gasteiger partial charge in [0.25, 0.3) is 0 Å². The van der Waals surface area contributed by atoms with Crippen LogP contribution >= 0.6 is 11.3 Å². The number of likely N-dealkylation sites (N-methyl/N-ethyl adjacent to an activating group) is 1. The Labute approximate surface area is 196 Å². The van der Waals surface area contributed by atoms with Gasteiger partial charge in [0.05, 0.1) is 10.6 Å². The molecule has 32 heavy (non-hydrogen) atoms. The van der Waals surface area contributed by atoms with Crippen molar-refractivity contribution in [2.24, 2.45) is 17.3 Å². The second-order valence-corrected chi connectivity index (χ2v) is 10.6. The van der Waals surface area contributed by atoms with E-state index in [1.54, 1.807) is 11.0 Å². The van der Waals surface area contributed by atoms with Crippen molar-refractivity contribution in [2.75, 3.05) is 24.5 Å². The lowest BCUT2D eigenvalue weighted by molar-refractivity contribution is -0.132. The summed E-state index contributed by atoms with van der Waals surface area (Å²) in [6.07, 6.45) is 3.45. The van der Waals surface area contributed by atoms with Crippen molar-refractivity contribution in [3.05, 3.63) is 15.8 Å². The Balaban J connectivity index is 2.48. The first-order valence-electron chi connectivity index (χ1n) is 11.5. The van der Waals surface area contributed by atoms with Gasteiger partial charge in [-0.15, -0.1) is 11.3 Å². The molecule has 1 saturated carbocycles. The van der Waals surface area contributed by atoms with Crippen LogP contribution < -0.4 is 4.90 Å². The number of carboxylic acids is 1. The molecule has 6 nitrogen and oxygen atoms in total. The second kappa shape index (κ2) is 11.0. The summed E-state index contributed by atoms with van der Waals surface area (Å²) in [6.45, 7) is 12.8. The zero-order valence-corrected chi connectivity index (χ0v) is 21.0. The van der Waals surface area contributed by atoms with E-state index in [9.17, 15) is 19.5 Å². The summed E-state index contributed by atoms with van der Waals surface area (Å²) in [5, 5.41) is 9.85. The van der Waals surface area contributed by atoms with Gasteiger partial charge >= 0.3 is 5.97 Å². The summed E-state index contributed by atoms with van der Waals surface area (Å²) in [6, 6.07) is 1.66. The first-order valence-corrected chi connectivity index (χ1v) is 12.3. The molecule has 1 aliphatic carbocycles. The molecule has 1 aromatic rings. The summed E-state index contributed by atoms with van der Waals surface area (Å²) in [4.78, 5) is 42.2. The van der Waals surface area contributed by atoms with Crippen LogP contribution in [0.4, 0.5) is 5.69 Å². The van der Waals surface area contributed by atoms with Gasteiger partial charge in [0, 0.05) is 24.4 Å². The highest BCUT2D eigenvalue weighted by Crippen LogP contribution is 2.35. The number of hydrogen-bond acceptors (Lipinski definition) is 4. The van der Waals surface area contributed by atoms with Crippen LogP contribution in [0.15, 0.2) is 6.07 Å². The normalized spacial score (nSPS) is 18.4. The number of aromatic carboxylic acids is 1. The van der Waals surface area contributed by atoms with Crippen LogP contribution in [0.3, 0.4) is 0 Å². The van der Waals surface area contributed by atoms with Crippen molar-refractivity contribution in [3.8, 4) is 11.8 Å². The first-order chi connectivity index (χ1) is 15.0. The van der Waals surface area contributed by atoms with Crippen molar-refractivity contribution in [1.29, 1.82) is 0 Å². The van der Waals surface area contributed by atoms with Crippen molar-refractivity contribution in [3.63, 3.8) is 0 Å². The van der Waals surface area contributed by atoms with Gasteiger partial charge in [-0.25, -0.2) is 4.79 Å². The molecule has 1 aromatic heterocycles. The fraction of sp³-hybridized carbons (Fsp3) is 0.640. The monoisotopic (exact) mass is 460 g/mol. The molecular weight excluding hydrogens is 424 g/mol. The minimum Gasteiger partial charge on any atom is -0.477 e. The number of hydrogen-bond donors (Lipinski definition) is 1. The molecule has 1 N–H and O–H groups in total. The third-order valence-corrected chi connectivity index (χ3v) is 6.83. The Kier molecular flexibility index (Phi) is 8.91. The molecule has 0 saturated heterocycles. The van der Waals surface area contributed by atoms with E-state index in [0.717, 1.165) is 37.0 Å². The SMILES string of the molecule is CCN(CC)C(=O)CN(C(=O)C1CCC(C)CC1)c1cc(C#CC(C)(C)C)sc1C(=O)O. The van der Waals surface area contributed by atoms with E-state index in [1.807, 2.05) is 34.6 Å². The van der Waals surface area contributed by atoms with E-state index in [4.69, 9.17) is 0 Å². The average Bonchev–Trinajstić information content (AvgIpc) is 3.15. The van der Waals surface area contributed by atoms with Gasteiger partial charge in [0.2, 0.25) is 11.8 Å². The summed E-state index contributed by atoms with van der Waals surface area (Å²) in [5.74, 6) is 5.11. The van der Waals surface area contributed by atoms with E-state index in [1.165, 1.54) is 4.90 Å². The molecular formula is C25H36N2O4S. The van der Waals surface area contributed by atoms with E-state index in [0.29, 0.717) is 23.9 Å². The minimum absolute atomic E-state index is 0.0492. The molecule has 0 spiro atoms. The van der Waals surface area contributed by atoms with Crippen LogP contribution in [0, 0.1) is 29.1 Å². The minimum atomic E-state index is -1.11. The van der Waals surface area contributed by atoms with Crippen LogP contribution in [0.5, 0.6) is 0 Å². The number of amides is 2. The highest BCUT2D eigenvalue weighted by molar-refractivity contribution is 7.15. The fourth-order valence-electron chi connectivity index (χ4n) is 3.87. The molecule has 0 atom stereocenters. The maximum atomic E-state index is 13.6. The number of carboxylic acid groups (broad SMARTS) is 1. The smallest absolute Gasteiger partial charge is 0.348 e. The first kappa shape index (κ1) is 25.9. The molecule has 0 unspecified atom stereocenters. The van der Waals surface area contributed by atoms with Crippen LogP contribution in [0.25, 0.3) is 0 Å². The number of nitrogens with zero attached hydrogens (tertiary/aromatic N) is 2. The van der Waals surface area contributed by atoms with Gasteiger partial charge < -0.3 is 14.9 Å². The average molecular weight is 461 g/mol. The quantitative estimate of drug-likeness (QED) is 0.589. The maximum Gasteiger partial charge on any atom is 0.348 e. The molecule has 0 aliphatic heterocycles. The third kappa shape index (κ3) is 6.83. The lowest BCUT2D eigenvalue weighted by atomic mass is 9.82. The van der Waals surface area contributed by atoms with Crippen LogP contribution in [0.1, 0.15) is 81.8 Å². The Morgan fingerprint density at radius 2 is 1.72 bits per heavy atom.